The summed E-state index contributed by atoms with van der Waals surface area (Å²) in [7, 11) is 0. The first kappa shape index (κ1) is 17.1. The third-order valence-electron chi connectivity index (χ3n) is 4.36. The van der Waals surface area contributed by atoms with Crippen LogP contribution in [0.2, 0.25) is 0 Å². The monoisotopic (exact) mass is 319 g/mol. The van der Waals surface area contributed by atoms with Crippen LogP contribution in [0.1, 0.15) is 52.9 Å². The predicted octanol–water partition coefficient (Wildman–Crippen LogP) is 4.54. The van der Waals surface area contributed by atoms with E-state index < -0.39 is 0 Å². The second kappa shape index (κ2) is 8.37. The Morgan fingerprint density at radius 1 is 1.18 bits per heavy atom. The van der Waals surface area contributed by atoms with Gasteiger partial charge in [0.2, 0.25) is 0 Å². The molecule has 122 valence electrons. The quantitative estimate of drug-likeness (QED) is 0.779. The Bertz CT molecular complexity index is 464. The van der Waals surface area contributed by atoms with Crippen molar-refractivity contribution < 1.29 is 0 Å². The Morgan fingerprint density at radius 2 is 1.82 bits per heavy atom. The van der Waals surface area contributed by atoms with E-state index in [4.69, 9.17) is 12.2 Å². The third kappa shape index (κ3) is 4.87. The highest BCUT2D eigenvalue weighted by Crippen LogP contribution is 2.20. The zero-order valence-electron chi connectivity index (χ0n) is 14.1. The van der Waals surface area contributed by atoms with Crippen molar-refractivity contribution in [2.45, 2.75) is 65.0 Å². The standard InChI is InChI=1S/C18H29N3S/c1-4-21(14(2)3)17-12-10-16(11-13-17)20-18(22)19-15-8-6-5-7-9-15/h10-15H,4-9H2,1-3H3,(H2,19,20,22). The molecule has 0 saturated heterocycles. The van der Waals surface area contributed by atoms with Crippen molar-refractivity contribution in [3.05, 3.63) is 24.3 Å². The molecule has 22 heavy (non-hydrogen) atoms. The fourth-order valence-electron chi connectivity index (χ4n) is 3.18. The van der Waals surface area contributed by atoms with Gasteiger partial charge in [0.05, 0.1) is 0 Å². The average molecular weight is 320 g/mol. The van der Waals surface area contributed by atoms with Gasteiger partial charge >= 0.3 is 0 Å². The Kier molecular flexibility index (Phi) is 6.49. The molecule has 1 fully saturated rings. The summed E-state index contributed by atoms with van der Waals surface area (Å²) in [5.74, 6) is 0. The first-order valence-corrected chi connectivity index (χ1v) is 8.95. The van der Waals surface area contributed by atoms with E-state index in [2.05, 4.69) is 60.6 Å². The van der Waals surface area contributed by atoms with Crippen LogP contribution in [-0.4, -0.2) is 23.7 Å². The molecule has 0 aliphatic heterocycles. The summed E-state index contributed by atoms with van der Waals surface area (Å²) in [6.45, 7) is 7.65. The van der Waals surface area contributed by atoms with E-state index in [1.54, 1.807) is 0 Å². The Labute approximate surface area is 140 Å². The summed E-state index contributed by atoms with van der Waals surface area (Å²) in [4.78, 5) is 2.38. The summed E-state index contributed by atoms with van der Waals surface area (Å²) in [6, 6.07) is 9.59. The maximum absolute atomic E-state index is 5.43. The lowest BCUT2D eigenvalue weighted by atomic mass is 9.96. The van der Waals surface area contributed by atoms with Gasteiger partial charge < -0.3 is 15.5 Å². The van der Waals surface area contributed by atoms with Gasteiger partial charge in [-0.1, -0.05) is 19.3 Å². The molecule has 0 spiro atoms. The van der Waals surface area contributed by atoms with Crippen LogP contribution in [0.5, 0.6) is 0 Å². The summed E-state index contributed by atoms with van der Waals surface area (Å²) < 4.78 is 0. The Morgan fingerprint density at radius 3 is 2.36 bits per heavy atom. The highest BCUT2D eigenvalue weighted by Gasteiger charge is 2.14. The average Bonchev–Trinajstić information content (AvgIpc) is 2.50. The first-order chi connectivity index (χ1) is 10.6. The number of thiocarbonyl (C=S) groups is 1. The number of anilines is 2. The lowest BCUT2D eigenvalue weighted by Crippen LogP contribution is -2.38. The molecular weight excluding hydrogens is 290 g/mol. The van der Waals surface area contributed by atoms with Gasteiger partial charge in [-0.05, 0) is 70.1 Å². The van der Waals surface area contributed by atoms with Crippen molar-refractivity contribution in [3.63, 3.8) is 0 Å². The molecule has 0 heterocycles. The maximum atomic E-state index is 5.43. The van der Waals surface area contributed by atoms with Gasteiger partial charge in [-0.3, -0.25) is 0 Å². The number of benzene rings is 1. The van der Waals surface area contributed by atoms with Crippen molar-refractivity contribution in [3.8, 4) is 0 Å². The van der Waals surface area contributed by atoms with Crippen LogP contribution < -0.4 is 15.5 Å². The van der Waals surface area contributed by atoms with E-state index in [1.807, 2.05) is 0 Å². The van der Waals surface area contributed by atoms with Crippen LogP contribution in [0.4, 0.5) is 11.4 Å². The lowest BCUT2D eigenvalue weighted by molar-refractivity contribution is 0.415. The van der Waals surface area contributed by atoms with Crippen LogP contribution in [0.15, 0.2) is 24.3 Å². The van der Waals surface area contributed by atoms with Crippen LogP contribution in [0, 0.1) is 0 Å². The molecule has 3 nitrogen and oxygen atoms in total. The van der Waals surface area contributed by atoms with Gasteiger partial charge in [0.15, 0.2) is 5.11 Å². The molecule has 1 saturated carbocycles. The SMILES string of the molecule is CCN(c1ccc(NC(=S)NC2CCCCC2)cc1)C(C)C. The smallest absolute Gasteiger partial charge is 0.170 e. The van der Waals surface area contributed by atoms with Crippen molar-refractivity contribution in [1.82, 2.24) is 5.32 Å². The number of rotatable bonds is 5. The van der Waals surface area contributed by atoms with Crippen molar-refractivity contribution in [2.75, 3.05) is 16.8 Å². The molecule has 0 atom stereocenters. The van der Waals surface area contributed by atoms with E-state index in [9.17, 15) is 0 Å². The Balaban J connectivity index is 1.88. The topological polar surface area (TPSA) is 27.3 Å². The van der Waals surface area contributed by atoms with Gasteiger partial charge in [-0.2, -0.15) is 0 Å². The molecule has 2 rings (SSSR count). The van der Waals surface area contributed by atoms with Gasteiger partial charge in [-0.15, -0.1) is 0 Å². The minimum absolute atomic E-state index is 0.512. The largest absolute Gasteiger partial charge is 0.369 e. The molecule has 1 aliphatic rings. The van der Waals surface area contributed by atoms with Gasteiger partial charge in [-0.25, -0.2) is 0 Å². The molecular formula is C18H29N3S. The second-order valence-corrected chi connectivity index (χ2v) is 6.77. The van der Waals surface area contributed by atoms with Crippen LogP contribution in [-0.2, 0) is 0 Å². The van der Waals surface area contributed by atoms with Crippen LogP contribution >= 0.6 is 12.2 Å². The van der Waals surface area contributed by atoms with Crippen molar-refractivity contribution in [1.29, 1.82) is 0 Å². The van der Waals surface area contributed by atoms with Crippen LogP contribution in [0.25, 0.3) is 0 Å². The van der Waals surface area contributed by atoms with Gasteiger partial charge in [0.1, 0.15) is 0 Å². The lowest BCUT2D eigenvalue weighted by Gasteiger charge is -2.28. The molecule has 1 aromatic rings. The summed E-state index contributed by atoms with van der Waals surface area (Å²) in [5.41, 5.74) is 2.31. The number of hydrogen-bond donors (Lipinski definition) is 2. The molecule has 2 N–H and O–H groups in total. The first-order valence-electron chi connectivity index (χ1n) is 8.54. The predicted molar refractivity (Wildman–Crippen MR) is 101 cm³/mol. The molecule has 0 bridgehead atoms. The summed E-state index contributed by atoms with van der Waals surface area (Å²) >= 11 is 5.43. The van der Waals surface area contributed by atoms with Crippen LogP contribution in [0.3, 0.4) is 0 Å². The minimum Gasteiger partial charge on any atom is -0.369 e. The van der Waals surface area contributed by atoms with Crippen molar-refractivity contribution in [2.24, 2.45) is 0 Å². The molecule has 0 unspecified atom stereocenters. The van der Waals surface area contributed by atoms with E-state index in [-0.39, 0.29) is 0 Å². The van der Waals surface area contributed by atoms with E-state index in [0.29, 0.717) is 12.1 Å². The summed E-state index contributed by atoms with van der Waals surface area (Å²) in [6.07, 6.45) is 6.47. The molecule has 1 aliphatic carbocycles. The van der Waals surface area contributed by atoms with E-state index in [1.165, 1.54) is 37.8 Å². The van der Waals surface area contributed by atoms with Gasteiger partial charge in [0.25, 0.3) is 0 Å². The number of hydrogen-bond acceptors (Lipinski definition) is 2. The second-order valence-electron chi connectivity index (χ2n) is 6.36. The molecule has 1 aromatic carbocycles. The fraction of sp³-hybridized carbons (Fsp3) is 0.611. The highest BCUT2D eigenvalue weighted by atomic mass is 32.1. The normalized spacial score (nSPS) is 15.6. The fourth-order valence-corrected chi connectivity index (χ4v) is 3.47. The zero-order chi connectivity index (χ0) is 15.9. The Hall–Kier alpha value is -1.29. The maximum Gasteiger partial charge on any atom is 0.170 e. The van der Waals surface area contributed by atoms with E-state index >= 15 is 0 Å². The molecule has 0 radical (unpaired) electrons. The number of nitrogens with one attached hydrogen (secondary N) is 2. The highest BCUT2D eigenvalue weighted by molar-refractivity contribution is 7.80. The van der Waals surface area contributed by atoms with Gasteiger partial charge in [0, 0.05) is 30.0 Å². The van der Waals surface area contributed by atoms with E-state index in [0.717, 1.165) is 17.3 Å². The molecule has 0 amide bonds. The minimum atomic E-state index is 0.512. The third-order valence-corrected chi connectivity index (χ3v) is 4.58. The zero-order valence-corrected chi connectivity index (χ0v) is 14.9. The summed E-state index contributed by atoms with van der Waals surface area (Å²) in [5, 5.41) is 7.49. The molecule has 0 aromatic heterocycles. The van der Waals surface area contributed by atoms with Crippen molar-refractivity contribution >= 4 is 28.7 Å². The molecule has 4 heteroatoms. The number of nitrogens with zero attached hydrogens (tertiary/aromatic N) is 1.